The summed E-state index contributed by atoms with van der Waals surface area (Å²) in [4.78, 5) is 0.320. The molecule has 6 heteroatoms. The Morgan fingerprint density at radius 3 is 2.75 bits per heavy atom. The second-order valence-corrected chi connectivity index (χ2v) is 5.70. The fourth-order valence-corrected chi connectivity index (χ4v) is 2.90. The Labute approximate surface area is 136 Å². The van der Waals surface area contributed by atoms with E-state index in [2.05, 4.69) is 21.2 Å². The van der Waals surface area contributed by atoms with Gasteiger partial charge in [-0.05, 0) is 40.2 Å². The van der Waals surface area contributed by atoms with Crippen LogP contribution in [0.15, 0.2) is 40.9 Å². The van der Waals surface area contributed by atoms with Crippen molar-refractivity contribution in [2.75, 3.05) is 12.4 Å². The van der Waals surface area contributed by atoms with Crippen LogP contribution in [0.3, 0.4) is 0 Å². The van der Waals surface area contributed by atoms with Crippen molar-refractivity contribution in [3.05, 3.63) is 51.5 Å². The molecule has 0 aromatic heterocycles. The van der Waals surface area contributed by atoms with Crippen LogP contribution in [-0.4, -0.2) is 12.1 Å². The van der Waals surface area contributed by atoms with Gasteiger partial charge in [0.1, 0.15) is 10.7 Å². The molecular weight excluding hydrogens is 360 g/mol. The van der Waals surface area contributed by atoms with Crippen LogP contribution in [0.4, 0.5) is 11.4 Å². The summed E-state index contributed by atoms with van der Waals surface area (Å²) >= 11 is 14.5. The highest BCUT2D eigenvalue weighted by Gasteiger charge is 2.10. The SMILES string of the molecule is COc1cc(Nc2cccc(Br)c2C(N)=S)ccc1Cl. The first kappa shape index (κ1) is 15.1. The molecule has 0 fully saturated rings. The third kappa shape index (κ3) is 3.23. The minimum Gasteiger partial charge on any atom is -0.495 e. The first-order valence-corrected chi connectivity index (χ1v) is 7.29. The van der Waals surface area contributed by atoms with Crippen LogP contribution >= 0.6 is 39.7 Å². The van der Waals surface area contributed by atoms with E-state index in [1.807, 2.05) is 30.3 Å². The number of nitrogens with one attached hydrogen (secondary N) is 1. The molecule has 3 N–H and O–H groups in total. The van der Waals surface area contributed by atoms with Crippen LogP contribution in [0.1, 0.15) is 5.56 Å². The molecule has 0 unspecified atom stereocenters. The van der Waals surface area contributed by atoms with Crippen molar-refractivity contribution in [1.82, 2.24) is 0 Å². The van der Waals surface area contributed by atoms with Crippen LogP contribution in [0.2, 0.25) is 5.02 Å². The van der Waals surface area contributed by atoms with Crippen molar-refractivity contribution in [2.24, 2.45) is 5.73 Å². The van der Waals surface area contributed by atoms with Crippen molar-refractivity contribution in [3.63, 3.8) is 0 Å². The Morgan fingerprint density at radius 1 is 1.35 bits per heavy atom. The molecule has 2 rings (SSSR count). The zero-order chi connectivity index (χ0) is 14.7. The standard InChI is InChI=1S/C14H12BrClN2OS/c1-19-12-7-8(5-6-10(12)16)18-11-4-2-3-9(15)13(11)14(17)20/h2-7,18H,1H3,(H2,17,20). The smallest absolute Gasteiger partial charge is 0.139 e. The molecule has 0 aliphatic heterocycles. The van der Waals surface area contributed by atoms with E-state index in [1.54, 1.807) is 13.2 Å². The normalized spacial score (nSPS) is 10.2. The van der Waals surface area contributed by atoms with Gasteiger partial charge in [-0.25, -0.2) is 0 Å². The van der Waals surface area contributed by atoms with E-state index < -0.39 is 0 Å². The van der Waals surface area contributed by atoms with E-state index in [-0.39, 0.29) is 0 Å². The highest BCUT2D eigenvalue weighted by molar-refractivity contribution is 9.10. The predicted octanol–water partition coefficient (Wildman–Crippen LogP) is 4.49. The summed E-state index contributed by atoms with van der Waals surface area (Å²) in [5.74, 6) is 0.600. The second-order valence-electron chi connectivity index (χ2n) is 4.00. The summed E-state index contributed by atoms with van der Waals surface area (Å²) in [6.07, 6.45) is 0. The Balaban J connectivity index is 2.40. The number of thiocarbonyl (C=S) groups is 1. The molecule has 0 saturated carbocycles. The molecule has 2 aromatic carbocycles. The summed E-state index contributed by atoms with van der Waals surface area (Å²) in [5.41, 5.74) is 8.18. The fourth-order valence-electron chi connectivity index (χ4n) is 1.77. The van der Waals surface area contributed by atoms with E-state index in [9.17, 15) is 0 Å². The number of nitrogens with two attached hydrogens (primary N) is 1. The monoisotopic (exact) mass is 370 g/mol. The van der Waals surface area contributed by atoms with Crippen molar-refractivity contribution < 1.29 is 4.74 Å². The van der Waals surface area contributed by atoms with E-state index in [0.717, 1.165) is 21.4 Å². The van der Waals surface area contributed by atoms with Crippen molar-refractivity contribution in [1.29, 1.82) is 0 Å². The summed E-state index contributed by atoms with van der Waals surface area (Å²) in [6, 6.07) is 11.1. The van der Waals surface area contributed by atoms with Gasteiger partial charge in [0.05, 0.1) is 12.1 Å². The maximum Gasteiger partial charge on any atom is 0.139 e. The number of halogens is 2. The van der Waals surface area contributed by atoms with Gasteiger partial charge >= 0.3 is 0 Å². The van der Waals surface area contributed by atoms with Crippen LogP contribution < -0.4 is 15.8 Å². The average molecular weight is 372 g/mol. The molecule has 104 valence electrons. The first-order chi connectivity index (χ1) is 9.52. The zero-order valence-electron chi connectivity index (χ0n) is 10.6. The van der Waals surface area contributed by atoms with Gasteiger partial charge < -0.3 is 15.8 Å². The molecule has 0 heterocycles. The fraction of sp³-hybridized carbons (Fsp3) is 0.0714. The van der Waals surface area contributed by atoms with Crippen LogP contribution in [0, 0.1) is 0 Å². The van der Waals surface area contributed by atoms with E-state index in [4.69, 9.17) is 34.3 Å². The van der Waals surface area contributed by atoms with E-state index in [1.165, 1.54) is 0 Å². The highest BCUT2D eigenvalue weighted by Crippen LogP contribution is 2.31. The molecule has 2 aromatic rings. The summed E-state index contributed by atoms with van der Waals surface area (Å²) in [5, 5.41) is 3.82. The third-order valence-electron chi connectivity index (χ3n) is 2.69. The molecule has 0 bridgehead atoms. The average Bonchev–Trinajstić information content (AvgIpc) is 2.40. The van der Waals surface area contributed by atoms with Gasteiger partial charge in [-0.3, -0.25) is 0 Å². The number of rotatable bonds is 4. The highest BCUT2D eigenvalue weighted by atomic mass is 79.9. The van der Waals surface area contributed by atoms with Gasteiger partial charge in [-0.1, -0.05) is 29.9 Å². The zero-order valence-corrected chi connectivity index (χ0v) is 13.8. The quantitative estimate of drug-likeness (QED) is 0.777. The molecule has 3 nitrogen and oxygen atoms in total. The molecular formula is C14H12BrClN2OS. The minimum atomic E-state index is 0.320. The lowest BCUT2D eigenvalue weighted by Gasteiger charge is -2.14. The Morgan fingerprint density at radius 2 is 2.10 bits per heavy atom. The molecule has 0 amide bonds. The maximum atomic E-state index is 6.01. The van der Waals surface area contributed by atoms with Gasteiger partial charge in [0.2, 0.25) is 0 Å². The second kappa shape index (κ2) is 6.43. The predicted molar refractivity (Wildman–Crippen MR) is 91.3 cm³/mol. The van der Waals surface area contributed by atoms with Crippen molar-refractivity contribution >= 4 is 56.1 Å². The minimum absolute atomic E-state index is 0.320. The van der Waals surface area contributed by atoms with Gasteiger partial charge in [0.25, 0.3) is 0 Å². The van der Waals surface area contributed by atoms with Crippen molar-refractivity contribution in [3.8, 4) is 5.75 Å². The van der Waals surface area contributed by atoms with Crippen LogP contribution in [-0.2, 0) is 0 Å². The molecule has 0 spiro atoms. The van der Waals surface area contributed by atoms with Gasteiger partial charge in [0.15, 0.2) is 0 Å². The number of hydrogen-bond donors (Lipinski definition) is 2. The molecule has 0 aliphatic rings. The van der Waals surface area contributed by atoms with Gasteiger partial charge in [-0.2, -0.15) is 0 Å². The number of anilines is 2. The molecule has 0 aliphatic carbocycles. The van der Waals surface area contributed by atoms with Crippen LogP contribution in [0.25, 0.3) is 0 Å². The summed E-state index contributed by atoms with van der Waals surface area (Å²) < 4.78 is 6.04. The number of methoxy groups -OCH3 is 1. The topological polar surface area (TPSA) is 47.3 Å². The molecule has 0 radical (unpaired) electrons. The Hall–Kier alpha value is -1.30. The number of benzene rings is 2. The van der Waals surface area contributed by atoms with Gasteiger partial charge in [0, 0.05) is 27.5 Å². The van der Waals surface area contributed by atoms with E-state index in [0.29, 0.717) is 15.8 Å². The molecule has 0 atom stereocenters. The molecule has 20 heavy (non-hydrogen) atoms. The van der Waals surface area contributed by atoms with Gasteiger partial charge in [-0.15, -0.1) is 0 Å². The lowest BCUT2D eigenvalue weighted by atomic mass is 10.1. The van der Waals surface area contributed by atoms with Crippen molar-refractivity contribution in [2.45, 2.75) is 0 Å². The largest absolute Gasteiger partial charge is 0.495 e. The third-order valence-corrected chi connectivity index (χ3v) is 3.87. The van der Waals surface area contributed by atoms with E-state index >= 15 is 0 Å². The van der Waals surface area contributed by atoms with Crippen LogP contribution in [0.5, 0.6) is 5.75 Å². The first-order valence-electron chi connectivity index (χ1n) is 5.72. The Bertz CT molecular complexity index is 664. The summed E-state index contributed by atoms with van der Waals surface area (Å²) in [6.45, 7) is 0. The maximum absolute atomic E-state index is 6.01. The lowest BCUT2D eigenvalue weighted by molar-refractivity contribution is 0.415. The lowest BCUT2D eigenvalue weighted by Crippen LogP contribution is -2.12. The molecule has 0 saturated heterocycles. The number of hydrogen-bond acceptors (Lipinski definition) is 3. The number of ether oxygens (including phenoxy) is 1. The summed E-state index contributed by atoms with van der Waals surface area (Å²) in [7, 11) is 1.57. The Kier molecular flexibility index (Phi) is 4.86.